The Kier molecular flexibility index (Phi) is 6.99. The van der Waals surface area contributed by atoms with Gasteiger partial charge in [-0.3, -0.25) is 4.79 Å². The molecule has 2 N–H and O–H groups in total. The van der Waals surface area contributed by atoms with Gasteiger partial charge in [-0.25, -0.2) is 13.1 Å². The molecule has 0 aliphatic heterocycles. The van der Waals surface area contributed by atoms with Crippen LogP contribution in [0.5, 0.6) is 0 Å². The van der Waals surface area contributed by atoms with E-state index in [9.17, 15) is 13.2 Å². The monoisotopic (exact) mass is 350 g/mol. The van der Waals surface area contributed by atoms with Crippen molar-refractivity contribution >= 4 is 15.9 Å². The van der Waals surface area contributed by atoms with Crippen molar-refractivity contribution in [3.8, 4) is 0 Å². The Morgan fingerprint density at radius 1 is 1.08 bits per heavy atom. The molecule has 132 valence electrons. The number of sulfonamides is 1. The van der Waals surface area contributed by atoms with Crippen LogP contribution in [0.15, 0.2) is 41.8 Å². The van der Waals surface area contributed by atoms with Gasteiger partial charge in [0.1, 0.15) is 0 Å². The molecule has 5 nitrogen and oxygen atoms in total. The van der Waals surface area contributed by atoms with Crippen LogP contribution in [0.4, 0.5) is 0 Å². The lowest BCUT2D eigenvalue weighted by molar-refractivity contribution is 0.0930. The van der Waals surface area contributed by atoms with Gasteiger partial charge in [0.15, 0.2) is 0 Å². The quantitative estimate of drug-likeness (QED) is 0.775. The van der Waals surface area contributed by atoms with Crippen molar-refractivity contribution in [3.63, 3.8) is 0 Å². The zero-order chi connectivity index (χ0) is 17.4. The molecule has 0 spiro atoms. The standard InChI is InChI=1S/C18H26N2O3S/c1-2-14-19-24(22,23)17-12-10-15(11-13-17)18(21)20-16-8-6-4-3-5-7-9-16/h2,10-13,16,19H,1,3-9,14H2,(H,20,21). The smallest absolute Gasteiger partial charge is 0.251 e. The lowest BCUT2D eigenvalue weighted by atomic mass is 9.96. The van der Waals surface area contributed by atoms with E-state index in [1.165, 1.54) is 37.5 Å². The Balaban J connectivity index is 1.98. The highest BCUT2D eigenvalue weighted by molar-refractivity contribution is 7.89. The second kappa shape index (κ2) is 8.99. The van der Waals surface area contributed by atoms with Crippen LogP contribution in [0.1, 0.15) is 55.3 Å². The van der Waals surface area contributed by atoms with E-state index in [1.54, 1.807) is 12.1 Å². The predicted molar refractivity (Wildman–Crippen MR) is 95.4 cm³/mol. The van der Waals surface area contributed by atoms with Crippen LogP contribution < -0.4 is 10.0 Å². The summed E-state index contributed by atoms with van der Waals surface area (Å²) in [7, 11) is -3.55. The second-order valence-corrected chi connectivity index (χ2v) is 7.95. The van der Waals surface area contributed by atoms with E-state index in [-0.39, 0.29) is 23.4 Å². The highest BCUT2D eigenvalue weighted by Gasteiger charge is 2.17. The second-order valence-electron chi connectivity index (χ2n) is 6.18. The number of benzene rings is 1. The molecular formula is C18H26N2O3S. The normalized spacial score (nSPS) is 16.8. The number of amides is 1. The third kappa shape index (κ3) is 5.46. The van der Waals surface area contributed by atoms with Crippen molar-refractivity contribution in [2.75, 3.05) is 6.54 Å². The number of nitrogens with one attached hydrogen (secondary N) is 2. The Morgan fingerprint density at radius 3 is 2.25 bits per heavy atom. The van der Waals surface area contributed by atoms with Crippen molar-refractivity contribution in [2.45, 2.75) is 55.9 Å². The Morgan fingerprint density at radius 2 is 1.67 bits per heavy atom. The lowest BCUT2D eigenvalue weighted by Crippen LogP contribution is -2.35. The molecule has 2 rings (SSSR count). The number of hydrogen-bond acceptors (Lipinski definition) is 3. The first kappa shape index (κ1) is 18.7. The molecule has 0 bridgehead atoms. The largest absolute Gasteiger partial charge is 0.349 e. The van der Waals surface area contributed by atoms with Crippen LogP contribution in [0.3, 0.4) is 0 Å². The lowest BCUT2D eigenvalue weighted by Gasteiger charge is -2.21. The molecule has 1 aromatic carbocycles. The summed E-state index contributed by atoms with van der Waals surface area (Å²) in [6.45, 7) is 3.66. The Hall–Kier alpha value is -1.66. The summed E-state index contributed by atoms with van der Waals surface area (Å²) in [4.78, 5) is 12.5. The first-order chi connectivity index (χ1) is 11.5. The van der Waals surface area contributed by atoms with E-state index < -0.39 is 10.0 Å². The maximum absolute atomic E-state index is 12.4. The van der Waals surface area contributed by atoms with Crippen LogP contribution in [-0.4, -0.2) is 26.9 Å². The van der Waals surface area contributed by atoms with Crippen molar-refractivity contribution in [2.24, 2.45) is 0 Å². The van der Waals surface area contributed by atoms with E-state index in [0.29, 0.717) is 5.56 Å². The molecule has 0 saturated heterocycles. The molecule has 0 unspecified atom stereocenters. The SMILES string of the molecule is C=CCNS(=O)(=O)c1ccc(C(=O)NC2CCCCCCC2)cc1. The Labute approximate surface area is 144 Å². The summed E-state index contributed by atoms with van der Waals surface area (Å²) in [6, 6.07) is 6.24. The first-order valence-electron chi connectivity index (χ1n) is 8.54. The maximum atomic E-state index is 12.4. The summed E-state index contributed by atoms with van der Waals surface area (Å²) in [5.41, 5.74) is 0.486. The number of hydrogen-bond donors (Lipinski definition) is 2. The molecule has 1 saturated carbocycles. The van der Waals surface area contributed by atoms with Gasteiger partial charge in [0.2, 0.25) is 10.0 Å². The van der Waals surface area contributed by atoms with E-state index in [0.717, 1.165) is 25.7 Å². The van der Waals surface area contributed by atoms with Crippen LogP contribution in [0.25, 0.3) is 0 Å². The van der Waals surface area contributed by atoms with Gasteiger partial charge in [-0.15, -0.1) is 6.58 Å². The molecule has 1 fully saturated rings. The molecule has 0 radical (unpaired) electrons. The predicted octanol–water partition coefficient (Wildman–Crippen LogP) is 2.99. The minimum Gasteiger partial charge on any atom is -0.349 e. The van der Waals surface area contributed by atoms with Gasteiger partial charge in [-0.05, 0) is 37.1 Å². The number of carbonyl (C=O) groups excluding carboxylic acids is 1. The third-order valence-corrected chi connectivity index (χ3v) is 5.72. The topological polar surface area (TPSA) is 75.3 Å². The van der Waals surface area contributed by atoms with Gasteiger partial charge in [0, 0.05) is 18.2 Å². The molecule has 0 aromatic heterocycles. The van der Waals surface area contributed by atoms with Crippen molar-refractivity contribution in [3.05, 3.63) is 42.5 Å². The number of carbonyl (C=O) groups is 1. The average Bonchev–Trinajstić information content (AvgIpc) is 2.55. The molecule has 1 aromatic rings. The van der Waals surface area contributed by atoms with Gasteiger partial charge in [-0.1, -0.05) is 38.2 Å². The van der Waals surface area contributed by atoms with E-state index in [1.807, 2.05) is 0 Å². The zero-order valence-electron chi connectivity index (χ0n) is 14.0. The highest BCUT2D eigenvalue weighted by Crippen LogP contribution is 2.18. The van der Waals surface area contributed by atoms with Gasteiger partial charge in [0.25, 0.3) is 5.91 Å². The van der Waals surface area contributed by atoms with Crippen molar-refractivity contribution in [1.82, 2.24) is 10.0 Å². The Bertz CT molecular complexity index is 645. The molecular weight excluding hydrogens is 324 g/mol. The fraction of sp³-hybridized carbons (Fsp3) is 0.500. The van der Waals surface area contributed by atoms with Crippen molar-refractivity contribution in [1.29, 1.82) is 0 Å². The summed E-state index contributed by atoms with van der Waals surface area (Å²) < 4.78 is 26.4. The molecule has 0 atom stereocenters. The van der Waals surface area contributed by atoms with Gasteiger partial charge >= 0.3 is 0 Å². The summed E-state index contributed by atoms with van der Waals surface area (Å²) in [5, 5.41) is 3.08. The van der Waals surface area contributed by atoms with Crippen LogP contribution in [0.2, 0.25) is 0 Å². The zero-order valence-corrected chi connectivity index (χ0v) is 14.8. The molecule has 0 heterocycles. The highest BCUT2D eigenvalue weighted by atomic mass is 32.2. The van der Waals surface area contributed by atoms with Gasteiger partial charge in [-0.2, -0.15) is 0 Å². The van der Waals surface area contributed by atoms with Crippen molar-refractivity contribution < 1.29 is 13.2 Å². The summed E-state index contributed by atoms with van der Waals surface area (Å²) >= 11 is 0. The van der Waals surface area contributed by atoms with Crippen LogP contribution >= 0.6 is 0 Å². The first-order valence-corrected chi connectivity index (χ1v) is 10.0. The minimum absolute atomic E-state index is 0.136. The molecule has 1 aliphatic carbocycles. The fourth-order valence-corrected chi connectivity index (χ4v) is 3.90. The molecule has 6 heteroatoms. The number of rotatable bonds is 6. The van der Waals surface area contributed by atoms with Gasteiger partial charge in [0.05, 0.1) is 4.90 Å². The van der Waals surface area contributed by atoms with Crippen LogP contribution in [0, 0.1) is 0 Å². The molecule has 1 aliphatic rings. The van der Waals surface area contributed by atoms with E-state index >= 15 is 0 Å². The molecule has 24 heavy (non-hydrogen) atoms. The summed E-state index contributed by atoms with van der Waals surface area (Å²) in [6.07, 6.45) is 9.57. The van der Waals surface area contributed by atoms with E-state index in [4.69, 9.17) is 0 Å². The van der Waals surface area contributed by atoms with Gasteiger partial charge < -0.3 is 5.32 Å². The maximum Gasteiger partial charge on any atom is 0.251 e. The fourth-order valence-electron chi connectivity index (χ4n) is 2.91. The molecule has 1 amide bonds. The third-order valence-electron chi connectivity index (χ3n) is 4.28. The van der Waals surface area contributed by atoms with Crippen LogP contribution in [-0.2, 0) is 10.0 Å². The summed E-state index contributed by atoms with van der Waals surface area (Å²) in [5.74, 6) is -0.136. The average molecular weight is 350 g/mol. The minimum atomic E-state index is -3.55. The van der Waals surface area contributed by atoms with E-state index in [2.05, 4.69) is 16.6 Å².